The van der Waals surface area contributed by atoms with Crippen LogP contribution in [0.2, 0.25) is 0 Å². The van der Waals surface area contributed by atoms with Crippen molar-refractivity contribution in [1.82, 2.24) is 5.06 Å². The second kappa shape index (κ2) is 2.67. The highest BCUT2D eigenvalue weighted by Crippen LogP contribution is 2.18. The fourth-order valence-corrected chi connectivity index (χ4v) is 1.27. The van der Waals surface area contributed by atoms with Gasteiger partial charge < -0.3 is 5.21 Å². The van der Waals surface area contributed by atoms with Gasteiger partial charge in [-0.15, -0.1) is 0 Å². The van der Waals surface area contributed by atoms with Crippen LogP contribution in [0, 0.1) is 5.92 Å². The van der Waals surface area contributed by atoms with Crippen molar-refractivity contribution in [2.45, 2.75) is 32.7 Å². The Morgan fingerprint density at radius 1 is 1.33 bits per heavy atom. The van der Waals surface area contributed by atoms with E-state index in [4.69, 9.17) is 0 Å². The second-order valence-corrected chi connectivity index (χ2v) is 3.15. The molecule has 9 heavy (non-hydrogen) atoms. The molecule has 2 atom stereocenters. The molecule has 1 fully saturated rings. The van der Waals surface area contributed by atoms with Crippen LogP contribution in [-0.2, 0) is 0 Å². The third-order valence-corrected chi connectivity index (χ3v) is 2.08. The molecular weight excluding hydrogens is 114 g/mol. The first-order chi connectivity index (χ1) is 4.20. The lowest BCUT2D eigenvalue weighted by atomic mass is 9.97. The van der Waals surface area contributed by atoms with Crippen LogP contribution in [-0.4, -0.2) is 22.9 Å². The maximum Gasteiger partial charge on any atom is 0.0322 e. The first-order valence-corrected chi connectivity index (χ1v) is 3.65. The van der Waals surface area contributed by atoms with Gasteiger partial charge in [0, 0.05) is 12.6 Å². The van der Waals surface area contributed by atoms with Crippen molar-refractivity contribution >= 4 is 0 Å². The Bertz CT molecular complexity index is 94.9. The van der Waals surface area contributed by atoms with Crippen molar-refractivity contribution in [2.75, 3.05) is 6.54 Å². The van der Waals surface area contributed by atoms with Gasteiger partial charge in [-0.05, 0) is 25.7 Å². The molecule has 0 amide bonds. The molecule has 1 heterocycles. The predicted octanol–water partition coefficient (Wildman–Crippen LogP) is 1.50. The van der Waals surface area contributed by atoms with E-state index < -0.39 is 0 Å². The first kappa shape index (κ1) is 7.03. The molecule has 1 aliphatic rings. The van der Waals surface area contributed by atoms with Crippen LogP contribution in [0.15, 0.2) is 0 Å². The predicted molar refractivity (Wildman–Crippen MR) is 36.4 cm³/mol. The molecule has 0 aromatic heterocycles. The summed E-state index contributed by atoms with van der Waals surface area (Å²) in [5.41, 5.74) is 0. The molecular formula is C7H15NO. The fraction of sp³-hybridized carbons (Fsp3) is 1.00. The Hall–Kier alpha value is -0.0800. The molecule has 0 saturated carbocycles. The van der Waals surface area contributed by atoms with Crippen LogP contribution in [0.1, 0.15) is 26.7 Å². The van der Waals surface area contributed by atoms with Crippen LogP contribution in [0.4, 0.5) is 0 Å². The van der Waals surface area contributed by atoms with Gasteiger partial charge in [-0.25, -0.2) is 0 Å². The van der Waals surface area contributed by atoms with Gasteiger partial charge in [-0.3, -0.25) is 0 Å². The molecule has 0 aromatic rings. The highest BCUT2D eigenvalue weighted by molar-refractivity contribution is 4.70. The van der Waals surface area contributed by atoms with Gasteiger partial charge in [0.1, 0.15) is 0 Å². The van der Waals surface area contributed by atoms with Gasteiger partial charge in [-0.2, -0.15) is 5.06 Å². The zero-order chi connectivity index (χ0) is 6.85. The van der Waals surface area contributed by atoms with Crippen molar-refractivity contribution in [2.24, 2.45) is 5.92 Å². The molecule has 2 heteroatoms. The molecule has 2 nitrogen and oxygen atoms in total. The average Bonchev–Trinajstić information content (AvgIpc) is 1.80. The highest BCUT2D eigenvalue weighted by Gasteiger charge is 2.20. The standard InChI is InChI=1S/C7H15NO/c1-6-3-4-7(2)8(9)5-6/h6-7,9H,3-5H2,1-2H3. The number of piperidine rings is 1. The van der Waals surface area contributed by atoms with E-state index in [0.717, 1.165) is 13.0 Å². The van der Waals surface area contributed by atoms with E-state index in [-0.39, 0.29) is 0 Å². The normalized spacial score (nSPS) is 39.0. The maximum atomic E-state index is 9.18. The molecule has 0 spiro atoms. The molecule has 0 aliphatic carbocycles. The third-order valence-electron chi connectivity index (χ3n) is 2.08. The summed E-state index contributed by atoms with van der Waals surface area (Å²) in [5.74, 6) is 0.672. The quantitative estimate of drug-likeness (QED) is 0.535. The Morgan fingerprint density at radius 3 is 2.44 bits per heavy atom. The summed E-state index contributed by atoms with van der Waals surface area (Å²) in [6.07, 6.45) is 2.40. The zero-order valence-corrected chi connectivity index (χ0v) is 6.17. The van der Waals surface area contributed by atoms with Gasteiger partial charge in [0.25, 0.3) is 0 Å². The van der Waals surface area contributed by atoms with Crippen LogP contribution in [0.3, 0.4) is 0 Å². The van der Waals surface area contributed by atoms with E-state index in [1.165, 1.54) is 11.5 Å². The SMILES string of the molecule is CC1CCC(C)N(O)C1. The minimum absolute atomic E-state index is 0.376. The average molecular weight is 129 g/mol. The van der Waals surface area contributed by atoms with Crippen molar-refractivity contribution < 1.29 is 5.21 Å². The summed E-state index contributed by atoms with van der Waals surface area (Å²) in [5, 5.41) is 10.6. The molecule has 1 N–H and O–H groups in total. The first-order valence-electron chi connectivity index (χ1n) is 3.65. The van der Waals surface area contributed by atoms with Crippen LogP contribution < -0.4 is 0 Å². The number of hydrogen-bond acceptors (Lipinski definition) is 2. The van der Waals surface area contributed by atoms with E-state index in [0.29, 0.717) is 12.0 Å². The van der Waals surface area contributed by atoms with E-state index in [1.54, 1.807) is 0 Å². The molecule has 2 unspecified atom stereocenters. The maximum absolute atomic E-state index is 9.18. The summed E-state index contributed by atoms with van der Waals surface area (Å²) in [4.78, 5) is 0. The lowest BCUT2D eigenvalue weighted by Gasteiger charge is -2.31. The lowest BCUT2D eigenvalue weighted by Crippen LogP contribution is -2.38. The molecule has 54 valence electrons. The van der Waals surface area contributed by atoms with Crippen LogP contribution in [0.5, 0.6) is 0 Å². The fourth-order valence-electron chi connectivity index (χ4n) is 1.27. The van der Waals surface area contributed by atoms with Gasteiger partial charge in [0.05, 0.1) is 0 Å². The second-order valence-electron chi connectivity index (χ2n) is 3.15. The molecule has 0 radical (unpaired) electrons. The van der Waals surface area contributed by atoms with Crippen molar-refractivity contribution in [3.05, 3.63) is 0 Å². The minimum Gasteiger partial charge on any atom is -0.314 e. The molecule has 1 saturated heterocycles. The summed E-state index contributed by atoms with van der Waals surface area (Å²) >= 11 is 0. The number of rotatable bonds is 0. The number of hydroxylamine groups is 2. The largest absolute Gasteiger partial charge is 0.314 e. The minimum atomic E-state index is 0.376. The Balaban J connectivity index is 2.35. The Morgan fingerprint density at radius 2 is 2.00 bits per heavy atom. The van der Waals surface area contributed by atoms with E-state index in [2.05, 4.69) is 13.8 Å². The van der Waals surface area contributed by atoms with Crippen molar-refractivity contribution in [3.63, 3.8) is 0 Å². The molecule has 0 bridgehead atoms. The Kier molecular flexibility index (Phi) is 2.09. The molecule has 0 aromatic carbocycles. The third kappa shape index (κ3) is 1.66. The Labute approximate surface area is 56.4 Å². The lowest BCUT2D eigenvalue weighted by molar-refractivity contribution is -0.147. The highest BCUT2D eigenvalue weighted by atomic mass is 16.5. The summed E-state index contributed by atoms with van der Waals surface area (Å²) in [6, 6.07) is 0.376. The summed E-state index contributed by atoms with van der Waals surface area (Å²) in [6.45, 7) is 5.09. The van der Waals surface area contributed by atoms with Gasteiger partial charge in [0.15, 0.2) is 0 Å². The smallest absolute Gasteiger partial charge is 0.0322 e. The number of nitrogens with zero attached hydrogens (tertiary/aromatic N) is 1. The van der Waals surface area contributed by atoms with Gasteiger partial charge >= 0.3 is 0 Å². The number of hydrogen-bond donors (Lipinski definition) is 1. The van der Waals surface area contributed by atoms with Crippen LogP contribution in [0.25, 0.3) is 0 Å². The summed E-state index contributed by atoms with van der Waals surface area (Å²) in [7, 11) is 0. The van der Waals surface area contributed by atoms with Gasteiger partial charge in [0.2, 0.25) is 0 Å². The van der Waals surface area contributed by atoms with Gasteiger partial charge in [-0.1, -0.05) is 6.92 Å². The van der Waals surface area contributed by atoms with Crippen LogP contribution >= 0.6 is 0 Å². The molecule has 1 aliphatic heterocycles. The summed E-state index contributed by atoms with van der Waals surface area (Å²) < 4.78 is 0. The van der Waals surface area contributed by atoms with Crippen molar-refractivity contribution in [1.29, 1.82) is 0 Å². The van der Waals surface area contributed by atoms with E-state index >= 15 is 0 Å². The zero-order valence-electron chi connectivity index (χ0n) is 6.17. The van der Waals surface area contributed by atoms with Crippen molar-refractivity contribution in [3.8, 4) is 0 Å². The van der Waals surface area contributed by atoms with E-state index in [9.17, 15) is 5.21 Å². The molecule has 1 rings (SSSR count). The van der Waals surface area contributed by atoms with E-state index in [1.807, 2.05) is 0 Å². The topological polar surface area (TPSA) is 23.5 Å². The monoisotopic (exact) mass is 129 g/mol.